The van der Waals surface area contributed by atoms with Gasteiger partial charge in [0, 0.05) is 19.2 Å². The van der Waals surface area contributed by atoms with Gasteiger partial charge in [-0.1, -0.05) is 32.1 Å². The lowest BCUT2D eigenvalue weighted by Crippen LogP contribution is -2.42. The van der Waals surface area contributed by atoms with Crippen molar-refractivity contribution < 1.29 is 9.53 Å². The molecule has 0 radical (unpaired) electrons. The van der Waals surface area contributed by atoms with Crippen molar-refractivity contribution in [3.05, 3.63) is 0 Å². The minimum absolute atomic E-state index is 0.119. The maximum atomic E-state index is 12.5. The summed E-state index contributed by atoms with van der Waals surface area (Å²) >= 11 is 0. The molecule has 0 N–H and O–H groups in total. The van der Waals surface area contributed by atoms with Gasteiger partial charge in [0.1, 0.15) is 6.10 Å². The first kappa shape index (κ1) is 13.4. The highest BCUT2D eigenvalue weighted by atomic mass is 16.5. The molecule has 3 fully saturated rings. The highest BCUT2D eigenvalue weighted by molar-refractivity contribution is 5.81. The summed E-state index contributed by atoms with van der Waals surface area (Å²) in [7, 11) is 0. The van der Waals surface area contributed by atoms with Crippen LogP contribution in [-0.4, -0.2) is 36.1 Å². The number of ether oxygens (including phenoxy) is 1. The number of nitrogens with zero attached hydrogens (tertiary/aromatic N) is 1. The Bertz CT molecular complexity index is 306. The highest BCUT2D eigenvalue weighted by Crippen LogP contribution is 2.32. The molecule has 2 atom stereocenters. The molecule has 0 aromatic rings. The average Bonchev–Trinajstić information content (AvgIpc) is 3.10. The summed E-state index contributed by atoms with van der Waals surface area (Å²) in [5.74, 6) is 1.16. The van der Waals surface area contributed by atoms with Crippen molar-refractivity contribution in [3.8, 4) is 0 Å². The van der Waals surface area contributed by atoms with E-state index in [-0.39, 0.29) is 12.0 Å². The molecule has 3 rings (SSSR count). The lowest BCUT2D eigenvalue weighted by atomic mass is 9.84. The quantitative estimate of drug-likeness (QED) is 0.784. The van der Waals surface area contributed by atoms with Crippen LogP contribution in [-0.2, 0) is 9.53 Å². The van der Waals surface area contributed by atoms with Gasteiger partial charge in [0.2, 0.25) is 0 Å². The Balaban J connectivity index is 1.55. The van der Waals surface area contributed by atoms with Crippen LogP contribution >= 0.6 is 0 Å². The van der Waals surface area contributed by atoms with Crippen LogP contribution in [0.25, 0.3) is 0 Å². The number of amides is 1. The molecule has 1 amide bonds. The molecule has 3 nitrogen and oxygen atoms in total. The minimum atomic E-state index is -0.119. The molecule has 0 aromatic carbocycles. The molecule has 2 heterocycles. The molecule has 3 aliphatic rings. The van der Waals surface area contributed by atoms with Crippen LogP contribution in [0.4, 0.5) is 0 Å². The molecule has 1 aliphatic carbocycles. The SMILES string of the molecule is O=C([C@H]1CCCO1)N1CCC[C@H]1CC1CCCCC1. The van der Waals surface area contributed by atoms with Crippen molar-refractivity contribution in [1.29, 1.82) is 0 Å². The molecular formula is C16H27NO2. The molecule has 0 unspecified atom stereocenters. The van der Waals surface area contributed by atoms with E-state index < -0.39 is 0 Å². The van der Waals surface area contributed by atoms with Crippen LogP contribution in [0.2, 0.25) is 0 Å². The number of carbonyl (C=O) groups is 1. The summed E-state index contributed by atoms with van der Waals surface area (Å²) in [5, 5.41) is 0. The van der Waals surface area contributed by atoms with E-state index in [1.807, 2.05) is 0 Å². The predicted molar refractivity (Wildman–Crippen MR) is 74.9 cm³/mol. The number of likely N-dealkylation sites (tertiary alicyclic amines) is 1. The van der Waals surface area contributed by atoms with Crippen LogP contribution in [0.15, 0.2) is 0 Å². The molecule has 19 heavy (non-hydrogen) atoms. The Labute approximate surface area is 116 Å². The number of hydrogen-bond acceptors (Lipinski definition) is 2. The zero-order valence-corrected chi connectivity index (χ0v) is 12.0. The monoisotopic (exact) mass is 265 g/mol. The van der Waals surface area contributed by atoms with Gasteiger partial charge in [-0.3, -0.25) is 4.79 Å². The summed E-state index contributed by atoms with van der Waals surface area (Å²) in [6.07, 6.45) is 12.5. The van der Waals surface area contributed by atoms with Gasteiger partial charge in [-0.2, -0.15) is 0 Å². The zero-order valence-electron chi connectivity index (χ0n) is 12.0. The number of carbonyl (C=O) groups excluding carboxylic acids is 1. The van der Waals surface area contributed by atoms with Gasteiger partial charge in [-0.05, 0) is 38.0 Å². The maximum Gasteiger partial charge on any atom is 0.251 e. The van der Waals surface area contributed by atoms with Crippen LogP contribution in [0.1, 0.15) is 64.2 Å². The molecule has 0 bridgehead atoms. The van der Waals surface area contributed by atoms with E-state index in [0.717, 1.165) is 31.9 Å². The number of rotatable bonds is 3. The van der Waals surface area contributed by atoms with Gasteiger partial charge in [0.15, 0.2) is 0 Å². The van der Waals surface area contributed by atoms with E-state index in [1.165, 1.54) is 51.4 Å². The van der Waals surface area contributed by atoms with Crippen molar-refractivity contribution in [2.45, 2.75) is 76.4 Å². The molecule has 108 valence electrons. The lowest BCUT2D eigenvalue weighted by molar-refractivity contribution is -0.142. The Hall–Kier alpha value is -0.570. The molecule has 3 heteroatoms. The lowest BCUT2D eigenvalue weighted by Gasteiger charge is -2.31. The fraction of sp³-hybridized carbons (Fsp3) is 0.938. The largest absolute Gasteiger partial charge is 0.368 e. The number of hydrogen-bond donors (Lipinski definition) is 0. The Morgan fingerprint density at radius 3 is 2.58 bits per heavy atom. The Kier molecular flexibility index (Phi) is 4.42. The van der Waals surface area contributed by atoms with E-state index in [0.29, 0.717) is 6.04 Å². The van der Waals surface area contributed by atoms with E-state index in [9.17, 15) is 4.79 Å². The Morgan fingerprint density at radius 2 is 1.84 bits per heavy atom. The van der Waals surface area contributed by atoms with Gasteiger partial charge < -0.3 is 9.64 Å². The fourth-order valence-electron chi connectivity index (χ4n) is 4.14. The summed E-state index contributed by atoms with van der Waals surface area (Å²) in [5.41, 5.74) is 0. The van der Waals surface area contributed by atoms with Crippen molar-refractivity contribution in [3.63, 3.8) is 0 Å². The second-order valence-electron chi connectivity index (χ2n) is 6.57. The van der Waals surface area contributed by atoms with Crippen molar-refractivity contribution in [2.75, 3.05) is 13.2 Å². The third-order valence-corrected chi connectivity index (χ3v) is 5.20. The molecule has 0 spiro atoms. The molecule has 2 saturated heterocycles. The topological polar surface area (TPSA) is 29.5 Å². The van der Waals surface area contributed by atoms with Gasteiger partial charge in [0.25, 0.3) is 5.91 Å². The average molecular weight is 265 g/mol. The van der Waals surface area contributed by atoms with Gasteiger partial charge in [-0.15, -0.1) is 0 Å². The second-order valence-corrected chi connectivity index (χ2v) is 6.57. The molecule has 1 saturated carbocycles. The molecular weight excluding hydrogens is 238 g/mol. The highest BCUT2D eigenvalue weighted by Gasteiger charge is 2.36. The third kappa shape index (κ3) is 3.13. The Morgan fingerprint density at radius 1 is 1.00 bits per heavy atom. The first-order valence-corrected chi connectivity index (χ1v) is 8.26. The van der Waals surface area contributed by atoms with Gasteiger partial charge >= 0.3 is 0 Å². The first-order valence-electron chi connectivity index (χ1n) is 8.26. The molecule has 0 aromatic heterocycles. The van der Waals surface area contributed by atoms with Crippen molar-refractivity contribution in [2.24, 2.45) is 5.92 Å². The summed E-state index contributed by atoms with van der Waals surface area (Å²) in [4.78, 5) is 14.7. The second kappa shape index (κ2) is 6.25. The van der Waals surface area contributed by atoms with Crippen LogP contribution in [0.3, 0.4) is 0 Å². The third-order valence-electron chi connectivity index (χ3n) is 5.20. The van der Waals surface area contributed by atoms with Crippen molar-refractivity contribution in [1.82, 2.24) is 4.90 Å². The van der Waals surface area contributed by atoms with E-state index in [2.05, 4.69) is 4.90 Å². The fourth-order valence-corrected chi connectivity index (χ4v) is 4.14. The van der Waals surface area contributed by atoms with Gasteiger partial charge in [0.05, 0.1) is 0 Å². The van der Waals surface area contributed by atoms with Crippen LogP contribution in [0, 0.1) is 5.92 Å². The summed E-state index contributed by atoms with van der Waals surface area (Å²) in [6.45, 7) is 1.74. The van der Waals surface area contributed by atoms with Crippen molar-refractivity contribution >= 4 is 5.91 Å². The van der Waals surface area contributed by atoms with E-state index >= 15 is 0 Å². The van der Waals surface area contributed by atoms with Crippen LogP contribution in [0.5, 0.6) is 0 Å². The van der Waals surface area contributed by atoms with Gasteiger partial charge in [-0.25, -0.2) is 0 Å². The summed E-state index contributed by atoms with van der Waals surface area (Å²) in [6, 6.07) is 0.514. The first-order chi connectivity index (χ1) is 9.34. The normalized spacial score (nSPS) is 32.9. The maximum absolute atomic E-state index is 12.5. The summed E-state index contributed by atoms with van der Waals surface area (Å²) < 4.78 is 5.57. The standard InChI is InChI=1S/C16H27NO2/c18-16(15-9-5-11-19-15)17-10-4-8-14(17)12-13-6-2-1-3-7-13/h13-15H,1-12H2/t14-,15+/m0/s1. The van der Waals surface area contributed by atoms with Crippen LogP contribution < -0.4 is 0 Å². The molecule has 2 aliphatic heterocycles. The smallest absolute Gasteiger partial charge is 0.251 e. The van der Waals surface area contributed by atoms with E-state index in [1.54, 1.807) is 0 Å². The zero-order chi connectivity index (χ0) is 13.1. The predicted octanol–water partition coefficient (Wildman–Crippen LogP) is 3.13. The van der Waals surface area contributed by atoms with E-state index in [4.69, 9.17) is 4.74 Å². The minimum Gasteiger partial charge on any atom is -0.368 e.